The molecule has 3 heteroatoms. The Hall–Kier alpha value is -0.120. The molecule has 1 aliphatic rings. The molecule has 0 amide bonds. The van der Waals surface area contributed by atoms with Crippen LogP contribution >= 0.6 is 0 Å². The van der Waals surface area contributed by atoms with Gasteiger partial charge in [-0.2, -0.15) is 0 Å². The van der Waals surface area contributed by atoms with Crippen LogP contribution in [-0.4, -0.2) is 42.3 Å². The molecule has 1 saturated carbocycles. The second-order valence-corrected chi connectivity index (χ2v) is 5.70. The fourth-order valence-electron chi connectivity index (χ4n) is 2.65. The molecule has 1 aliphatic carbocycles. The van der Waals surface area contributed by atoms with Gasteiger partial charge in [0, 0.05) is 12.6 Å². The summed E-state index contributed by atoms with van der Waals surface area (Å²) in [6.07, 6.45) is 5.46. The van der Waals surface area contributed by atoms with Crippen LogP contribution in [0.4, 0.5) is 0 Å². The van der Waals surface area contributed by atoms with Crippen molar-refractivity contribution in [3.8, 4) is 0 Å². The van der Waals surface area contributed by atoms with Gasteiger partial charge in [0.05, 0.1) is 6.10 Å². The summed E-state index contributed by atoms with van der Waals surface area (Å²) in [6, 6.07) is 0.339. The van der Waals surface area contributed by atoms with E-state index in [1.807, 2.05) is 0 Å². The van der Waals surface area contributed by atoms with Crippen molar-refractivity contribution in [1.82, 2.24) is 4.90 Å². The van der Waals surface area contributed by atoms with Crippen molar-refractivity contribution >= 4 is 0 Å². The number of likely N-dealkylation sites (N-methyl/N-ethyl adjacent to an activating group) is 1. The van der Waals surface area contributed by atoms with E-state index in [1.54, 1.807) is 0 Å². The average molecular weight is 228 g/mol. The van der Waals surface area contributed by atoms with Crippen LogP contribution < -0.4 is 5.73 Å². The first-order valence-corrected chi connectivity index (χ1v) is 6.61. The molecule has 0 saturated heterocycles. The highest BCUT2D eigenvalue weighted by Gasteiger charge is 2.30. The number of aliphatic hydroxyl groups excluding tert-OH is 1. The van der Waals surface area contributed by atoms with E-state index in [9.17, 15) is 5.11 Å². The molecule has 0 spiro atoms. The molecule has 3 N–H and O–H groups in total. The Morgan fingerprint density at radius 1 is 1.38 bits per heavy atom. The minimum atomic E-state index is -0.141. The molecule has 0 aromatic rings. The summed E-state index contributed by atoms with van der Waals surface area (Å²) < 4.78 is 0. The Morgan fingerprint density at radius 2 is 2.00 bits per heavy atom. The lowest BCUT2D eigenvalue weighted by Crippen LogP contribution is -2.48. The molecule has 0 aromatic carbocycles. The highest BCUT2D eigenvalue weighted by Crippen LogP contribution is 2.26. The van der Waals surface area contributed by atoms with Crippen LogP contribution in [0.2, 0.25) is 0 Å². The molecule has 0 heterocycles. The van der Waals surface area contributed by atoms with Crippen molar-refractivity contribution < 1.29 is 5.11 Å². The molecular formula is C13H28N2O. The molecule has 3 atom stereocenters. The monoisotopic (exact) mass is 228 g/mol. The lowest BCUT2D eigenvalue weighted by Gasteiger charge is -2.40. The summed E-state index contributed by atoms with van der Waals surface area (Å²) >= 11 is 0. The lowest BCUT2D eigenvalue weighted by molar-refractivity contribution is 0.0152. The SMILES string of the molecule is CCC(C)(CN)CN(C)C1CCCCC1O. The van der Waals surface area contributed by atoms with E-state index in [0.29, 0.717) is 6.04 Å². The summed E-state index contributed by atoms with van der Waals surface area (Å²) in [4.78, 5) is 2.32. The van der Waals surface area contributed by atoms with Gasteiger partial charge >= 0.3 is 0 Å². The molecule has 3 unspecified atom stereocenters. The third-order valence-corrected chi connectivity index (χ3v) is 4.24. The number of aliphatic hydroxyl groups is 1. The molecular weight excluding hydrogens is 200 g/mol. The summed E-state index contributed by atoms with van der Waals surface area (Å²) in [5.74, 6) is 0. The maximum absolute atomic E-state index is 10.0. The van der Waals surface area contributed by atoms with Crippen molar-refractivity contribution in [2.24, 2.45) is 11.1 Å². The molecule has 16 heavy (non-hydrogen) atoms. The topological polar surface area (TPSA) is 49.5 Å². The zero-order valence-corrected chi connectivity index (χ0v) is 11.1. The normalized spacial score (nSPS) is 30.4. The third-order valence-electron chi connectivity index (χ3n) is 4.24. The number of rotatable bonds is 5. The van der Waals surface area contributed by atoms with E-state index in [-0.39, 0.29) is 11.5 Å². The Kier molecular flexibility index (Phi) is 5.22. The fraction of sp³-hybridized carbons (Fsp3) is 1.00. The molecule has 0 radical (unpaired) electrons. The van der Waals surface area contributed by atoms with Gasteiger partial charge in [-0.15, -0.1) is 0 Å². The predicted octanol–water partition coefficient (Wildman–Crippen LogP) is 1.60. The van der Waals surface area contributed by atoms with Gasteiger partial charge in [0.1, 0.15) is 0 Å². The molecule has 0 bridgehead atoms. The summed E-state index contributed by atoms with van der Waals surface area (Å²) in [6.45, 7) is 6.13. The number of hydrogen-bond acceptors (Lipinski definition) is 3. The van der Waals surface area contributed by atoms with Crippen LogP contribution in [0.25, 0.3) is 0 Å². The van der Waals surface area contributed by atoms with Crippen molar-refractivity contribution in [2.75, 3.05) is 20.1 Å². The molecule has 1 rings (SSSR count). The largest absolute Gasteiger partial charge is 0.391 e. The average Bonchev–Trinajstić information content (AvgIpc) is 2.29. The summed E-state index contributed by atoms with van der Waals surface area (Å²) in [5, 5.41) is 10.0. The Balaban J connectivity index is 2.52. The van der Waals surface area contributed by atoms with Crippen LogP contribution in [0.1, 0.15) is 46.0 Å². The van der Waals surface area contributed by atoms with Crippen LogP contribution in [0.5, 0.6) is 0 Å². The van der Waals surface area contributed by atoms with Crippen LogP contribution in [0, 0.1) is 5.41 Å². The number of nitrogens with two attached hydrogens (primary N) is 1. The maximum Gasteiger partial charge on any atom is 0.0695 e. The van der Waals surface area contributed by atoms with Gasteiger partial charge in [0.25, 0.3) is 0 Å². The molecule has 0 aliphatic heterocycles. The summed E-state index contributed by atoms with van der Waals surface area (Å²) in [7, 11) is 2.13. The quantitative estimate of drug-likeness (QED) is 0.751. The standard InChI is InChI=1S/C13H28N2O/c1-4-13(2,9-14)10-15(3)11-7-5-6-8-12(11)16/h11-12,16H,4-10,14H2,1-3H3. The van der Waals surface area contributed by atoms with Crippen LogP contribution in [0.3, 0.4) is 0 Å². The Morgan fingerprint density at radius 3 is 2.50 bits per heavy atom. The maximum atomic E-state index is 10.0. The predicted molar refractivity (Wildman–Crippen MR) is 68.3 cm³/mol. The highest BCUT2D eigenvalue weighted by molar-refractivity contribution is 4.85. The number of hydrogen-bond donors (Lipinski definition) is 2. The zero-order chi connectivity index (χ0) is 12.2. The minimum Gasteiger partial charge on any atom is -0.391 e. The van der Waals surface area contributed by atoms with E-state index < -0.39 is 0 Å². The van der Waals surface area contributed by atoms with Gasteiger partial charge in [0.2, 0.25) is 0 Å². The van der Waals surface area contributed by atoms with Crippen molar-refractivity contribution in [2.45, 2.75) is 58.1 Å². The minimum absolute atomic E-state index is 0.141. The zero-order valence-electron chi connectivity index (χ0n) is 11.1. The van der Waals surface area contributed by atoms with E-state index in [0.717, 1.165) is 32.4 Å². The van der Waals surface area contributed by atoms with Crippen LogP contribution in [-0.2, 0) is 0 Å². The fourth-order valence-corrected chi connectivity index (χ4v) is 2.65. The van der Waals surface area contributed by atoms with E-state index in [1.165, 1.54) is 12.8 Å². The highest BCUT2D eigenvalue weighted by atomic mass is 16.3. The Bertz CT molecular complexity index is 204. The van der Waals surface area contributed by atoms with Gasteiger partial charge in [0.15, 0.2) is 0 Å². The van der Waals surface area contributed by atoms with Crippen molar-refractivity contribution in [1.29, 1.82) is 0 Å². The van der Waals surface area contributed by atoms with Gasteiger partial charge in [-0.1, -0.05) is 26.7 Å². The van der Waals surface area contributed by atoms with Gasteiger partial charge < -0.3 is 15.7 Å². The second kappa shape index (κ2) is 5.99. The first kappa shape index (κ1) is 13.9. The van der Waals surface area contributed by atoms with Gasteiger partial charge in [-0.3, -0.25) is 0 Å². The smallest absolute Gasteiger partial charge is 0.0695 e. The first-order valence-electron chi connectivity index (χ1n) is 6.61. The van der Waals surface area contributed by atoms with Gasteiger partial charge in [-0.25, -0.2) is 0 Å². The van der Waals surface area contributed by atoms with Crippen LogP contribution in [0.15, 0.2) is 0 Å². The van der Waals surface area contributed by atoms with E-state index >= 15 is 0 Å². The van der Waals surface area contributed by atoms with Crippen molar-refractivity contribution in [3.63, 3.8) is 0 Å². The molecule has 3 nitrogen and oxygen atoms in total. The molecule has 96 valence electrons. The Labute approximate surface area is 100 Å². The molecule has 0 aromatic heterocycles. The third kappa shape index (κ3) is 3.44. The van der Waals surface area contributed by atoms with Gasteiger partial charge in [-0.05, 0) is 38.3 Å². The molecule has 1 fully saturated rings. The number of nitrogens with zero attached hydrogens (tertiary/aromatic N) is 1. The summed E-state index contributed by atoms with van der Waals surface area (Å²) in [5.41, 5.74) is 6.03. The lowest BCUT2D eigenvalue weighted by atomic mass is 9.85. The van der Waals surface area contributed by atoms with E-state index in [4.69, 9.17) is 5.73 Å². The second-order valence-electron chi connectivity index (χ2n) is 5.70. The van der Waals surface area contributed by atoms with Crippen molar-refractivity contribution in [3.05, 3.63) is 0 Å². The van der Waals surface area contributed by atoms with E-state index in [2.05, 4.69) is 25.8 Å². The first-order chi connectivity index (χ1) is 7.52.